The molecule has 1 rings (SSSR count). The number of ether oxygens (including phenoxy) is 1. The highest BCUT2D eigenvalue weighted by atomic mass is 16.5. The minimum atomic E-state index is -0.140. The van der Waals surface area contributed by atoms with Gasteiger partial charge in [-0.3, -0.25) is 4.79 Å². The quantitative estimate of drug-likeness (QED) is 0.684. The van der Waals surface area contributed by atoms with Crippen molar-refractivity contribution < 1.29 is 9.53 Å². The summed E-state index contributed by atoms with van der Waals surface area (Å²) in [4.78, 5) is 11.0. The van der Waals surface area contributed by atoms with E-state index in [0.717, 1.165) is 30.1 Å². The van der Waals surface area contributed by atoms with Gasteiger partial charge in [-0.05, 0) is 48.9 Å². The van der Waals surface area contributed by atoms with Crippen LogP contribution < -0.4 is 0 Å². The van der Waals surface area contributed by atoms with E-state index in [1.54, 1.807) is 0 Å². The molecule has 0 aromatic carbocycles. The highest BCUT2D eigenvalue weighted by molar-refractivity contribution is 5.65. The highest BCUT2D eigenvalue weighted by Crippen LogP contribution is 2.42. The van der Waals surface area contributed by atoms with Crippen LogP contribution in [0.25, 0.3) is 0 Å². The van der Waals surface area contributed by atoms with Gasteiger partial charge in [-0.2, -0.15) is 0 Å². The number of rotatable bonds is 5. The molecule has 0 heterocycles. The second-order valence-corrected chi connectivity index (χ2v) is 6.46. The molecule has 0 aromatic rings. The Hall–Kier alpha value is -0.530. The molecule has 4 unspecified atom stereocenters. The molecule has 0 aromatic heterocycles. The van der Waals surface area contributed by atoms with Gasteiger partial charge in [0, 0.05) is 6.92 Å². The second-order valence-electron chi connectivity index (χ2n) is 6.46. The molecule has 0 spiro atoms. The molecule has 2 heteroatoms. The molecule has 18 heavy (non-hydrogen) atoms. The number of carbonyl (C=O) groups excluding carboxylic acids is 1. The predicted molar refractivity (Wildman–Crippen MR) is 75.2 cm³/mol. The smallest absolute Gasteiger partial charge is 0.302 e. The first-order valence-corrected chi connectivity index (χ1v) is 7.59. The molecule has 0 radical (unpaired) electrons. The molecule has 1 fully saturated rings. The monoisotopic (exact) mass is 254 g/mol. The highest BCUT2D eigenvalue weighted by Gasteiger charge is 2.35. The van der Waals surface area contributed by atoms with E-state index in [9.17, 15) is 4.79 Å². The van der Waals surface area contributed by atoms with E-state index in [4.69, 9.17) is 4.74 Å². The molecule has 1 aliphatic carbocycles. The molecule has 1 saturated carbocycles. The zero-order valence-electron chi connectivity index (χ0n) is 12.7. The first kappa shape index (κ1) is 15.5. The van der Waals surface area contributed by atoms with E-state index < -0.39 is 0 Å². The molecular weight excluding hydrogens is 224 g/mol. The molecule has 1 aliphatic rings. The van der Waals surface area contributed by atoms with Crippen molar-refractivity contribution >= 4 is 5.97 Å². The summed E-state index contributed by atoms with van der Waals surface area (Å²) in [5, 5.41) is 0. The van der Waals surface area contributed by atoms with Gasteiger partial charge in [0.25, 0.3) is 0 Å². The van der Waals surface area contributed by atoms with E-state index in [-0.39, 0.29) is 5.97 Å². The Balaban J connectivity index is 2.68. The Bertz CT molecular complexity index is 260. The molecule has 4 atom stereocenters. The lowest BCUT2D eigenvalue weighted by Crippen LogP contribution is -2.35. The summed E-state index contributed by atoms with van der Waals surface area (Å²) in [6.45, 7) is 11.4. The third-order valence-electron chi connectivity index (χ3n) is 4.70. The summed E-state index contributed by atoms with van der Waals surface area (Å²) in [6.07, 6.45) is 5.14. The third-order valence-corrected chi connectivity index (χ3v) is 4.70. The van der Waals surface area contributed by atoms with Crippen molar-refractivity contribution in [1.82, 2.24) is 0 Å². The van der Waals surface area contributed by atoms with Crippen LogP contribution in [0.4, 0.5) is 0 Å². The van der Waals surface area contributed by atoms with Gasteiger partial charge in [-0.25, -0.2) is 0 Å². The summed E-state index contributed by atoms with van der Waals surface area (Å²) in [7, 11) is 0. The Morgan fingerprint density at radius 1 is 1.28 bits per heavy atom. The van der Waals surface area contributed by atoms with Crippen LogP contribution in [0.3, 0.4) is 0 Å². The van der Waals surface area contributed by atoms with Gasteiger partial charge in [0.05, 0.1) is 6.61 Å². The first-order valence-electron chi connectivity index (χ1n) is 7.59. The lowest BCUT2D eigenvalue weighted by molar-refractivity contribution is -0.143. The molecule has 0 saturated heterocycles. The number of carbonyl (C=O) groups is 1. The van der Waals surface area contributed by atoms with Crippen molar-refractivity contribution in [2.45, 2.75) is 60.3 Å². The number of esters is 1. The largest absolute Gasteiger partial charge is 0.466 e. The second kappa shape index (κ2) is 7.16. The van der Waals surface area contributed by atoms with Gasteiger partial charge in [0.1, 0.15) is 0 Å². The van der Waals surface area contributed by atoms with Crippen molar-refractivity contribution in [3.8, 4) is 0 Å². The molecular formula is C16H30O2. The van der Waals surface area contributed by atoms with Gasteiger partial charge < -0.3 is 4.74 Å². The van der Waals surface area contributed by atoms with E-state index in [0.29, 0.717) is 12.5 Å². The SMILES string of the molecule is CCC(COC(C)=O)C1CC(C)CCC1C(C)C. The summed E-state index contributed by atoms with van der Waals surface area (Å²) >= 11 is 0. The maximum Gasteiger partial charge on any atom is 0.302 e. The Kier molecular flexibility index (Phi) is 6.17. The fourth-order valence-corrected chi connectivity index (χ4v) is 3.59. The zero-order valence-corrected chi connectivity index (χ0v) is 12.7. The Labute approximate surface area is 112 Å². The van der Waals surface area contributed by atoms with Gasteiger partial charge >= 0.3 is 5.97 Å². The number of hydrogen-bond donors (Lipinski definition) is 0. The number of hydrogen-bond acceptors (Lipinski definition) is 2. The topological polar surface area (TPSA) is 26.3 Å². The van der Waals surface area contributed by atoms with E-state index in [1.807, 2.05) is 0 Å². The van der Waals surface area contributed by atoms with Crippen LogP contribution in [0.15, 0.2) is 0 Å². The van der Waals surface area contributed by atoms with Gasteiger partial charge in [0.2, 0.25) is 0 Å². The summed E-state index contributed by atoms with van der Waals surface area (Å²) in [5.74, 6) is 3.52. The van der Waals surface area contributed by atoms with Crippen LogP contribution in [0.1, 0.15) is 60.3 Å². The first-order chi connectivity index (χ1) is 8.45. The summed E-state index contributed by atoms with van der Waals surface area (Å²) in [5.41, 5.74) is 0. The fourth-order valence-electron chi connectivity index (χ4n) is 3.59. The van der Waals surface area contributed by atoms with Crippen molar-refractivity contribution in [3.63, 3.8) is 0 Å². The van der Waals surface area contributed by atoms with Crippen molar-refractivity contribution in [2.24, 2.45) is 29.6 Å². The van der Waals surface area contributed by atoms with E-state index >= 15 is 0 Å². The normalized spacial score (nSPS) is 30.2. The minimum absolute atomic E-state index is 0.140. The van der Waals surface area contributed by atoms with Crippen LogP contribution in [0.5, 0.6) is 0 Å². The average molecular weight is 254 g/mol. The summed E-state index contributed by atoms with van der Waals surface area (Å²) < 4.78 is 5.27. The van der Waals surface area contributed by atoms with Gasteiger partial charge in [-0.15, -0.1) is 0 Å². The van der Waals surface area contributed by atoms with Crippen molar-refractivity contribution in [3.05, 3.63) is 0 Å². The van der Waals surface area contributed by atoms with E-state index in [2.05, 4.69) is 27.7 Å². The fraction of sp³-hybridized carbons (Fsp3) is 0.938. The lowest BCUT2D eigenvalue weighted by atomic mass is 9.65. The maximum atomic E-state index is 11.0. The molecule has 0 N–H and O–H groups in total. The maximum absolute atomic E-state index is 11.0. The van der Waals surface area contributed by atoms with Crippen molar-refractivity contribution in [2.75, 3.05) is 6.61 Å². The molecule has 0 bridgehead atoms. The Morgan fingerprint density at radius 3 is 2.44 bits per heavy atom. The lowest BCUT2D eigenvalue weighted by Gasteiger charge is -2.41. The van der Waals surface area contributed by atoms with Crippen LogP contribution in [0, 0.1) is 29.6 Å². The van der Waals surface area contributed by atoms with Crippen LogP contribution >= 0.6 is 0 Å². The molecule has 0 amide bonds. The van der Waals surface area contributed by atoms with Crippen LogP contribution in [-0.2, 0) is 9.53 Å². The zero-order chi connectivity index (χ0) is 13.7. The van der Waals surface area contributed by atoms with Gasteiger partial charge in [-0.1, -0.05) is 34.1 Å². The minimum Gasteiger partial charge on any atom is -0.466 e. The third kappa shape index (κ3) is 4.29. The van der Waals surface area contributed by atoms with Crippen molar-refractivity contribution in [1.29, 1.82) is 0 Å². The molecule has 0 aliphatic heterocycles. The standard InChI is InChI=1S/C16H30O2/c1-6-14(10-18-13(5)17)16-9-12(4)7-8-15(16)11(2)3/h11-12,14-16H,6-10H2,1-5H3. The Morgan fingerprint density at radius 2 is 1.94 bits per heavy atom. The predicted octanol–water partition coefficient (Wildman–Crippen LogP) is 4.28. The van der Waals surface area contributed by atoms with E-state index in [1.165, 1.54) is 26.2 Å². The molecule has 106 valence electrons. The van der Waals surface area contributed by atoms with Crippen LogP contribution in [0.2, 0.25) is 0 Å². The molecule has 2 nitrogen and oxygen atoms in total. The van der Waals surface area contributed by atoms with Gasteiger partial charge in [0.15, 0.2) is 0 Å². The average Bonchev–Trinajstić information content (AvgIpc) is 2.29. The van der Waals surface area contributed by atoms with Crippen LogP contribution in [-0.4, -0.2) is 12.6 Å². The summed E-state index contributed by atoms with van der Waals surface area (Å²) in [6, 6.07) is 0.